The highest BCUT2D eigenvalue weighted by Gasteiger charge is 2.34. The van der Waals surface area contributed by atoms with E-state index in [1.807, 2.05) is 0 Å². The van der Waals surface area contributed by atoms with Crippen LogP contribution in [-0.4, -0.2) is 15.0 Å². The van der Waals surface area contributed by atoms with Gasteiger partial charge in [0.25, 0.3) is 0 Å². The summed E-state index contributed by atoms with van der Waals surface area (Å²) in [6.45, 7) is 1.79. The van der Waals surface area contributed by atoms with Crippen LogP contribution in [0.4, 0.5) is 17.6 Å². The number of hydrogen-bond donors (Lipinski definition) is 0. The third-order valence-electron chi connectivity index (χ3n) is 4.54. The van der Waals surface area contributed by atoms with Crippen molar-refractivity contribution in [3.63, 3.8) is 0 Å². The maximum atomic E-state index is 13.5. The molecule has 0 amide bonds. The summed E-state index contributed by atoms with van der Waals surface area (Å²) in [5.41, 5.74) is 1.85. The summed E-state index contributed by atoms with van der Waals surface area (Å²) >= 11 is 0. The summed E-state index contributed by atoms with van der Waals surface area (Å²) in [6, 6.07) is 16.6. The lowest BCUT2D eigenvalue weighted by Gasteiger charge is -2.11. The molecule has 0 saturated carbocycles. The van der Waals surface area contributed by atoms with E-state index in [0.29, 0.717) is 22.3 Å². The summed E-state index contributed by atoms with van der Waals surface area (Å²) in [5.74, 6) is 5.40. The van der Waals surface area contributed by atoms with Gasteiger partial charge in [-0.1, -0.05) is 24.0 Å². The number of benzene rings is 2. The molecule has 0 aliphatic heterocycles. The second-order valence-corrected chi connectivity index (χ2v) is 6.99. The highest BCUT2D eigenvalue weighted by atomic mass is 19.4. The molecule has 2 aromatic heterocycles. The Balaban J connectivity index is 1.76. The Labute approximate surface area is 181 Å². The van der Waals surface area contributed by atoms with Gasteiger partial charge < -0.3 is 0 Å². The molecule has 7 heteroatoms. The number of pyridine rings is 1. The van der Waals surface area contributed by atoms with Gasteiger partial charge in [0.1, 0.15) is 11.5 Å². The van der Waals surface area contributed by atoms with Gasteiger partial charge in [0, 0.05) is 34.1 Å². The quantitative estimate of drug-likeness (QED) is 0.284. The standard InChI is InChI=1S/C25H15F4N3/c1-16-5-10-20(15-30-16)22-14-23(25(27,28)29)32-24(31-22)19-4-2-3-18(13-19)7-6-17-8-11-21(26)12-9-17/h2-5,8-15H,1H3. The molecule has 4 rings (SSSR count). The largest absolute Gasteiger partial charge is 0.433 e. The molecule has 0 aliphatic rings. The van der Waals surface area contributed by atoms with E-state index < -0.39 is 11.9 Å². The minimum absolute atomic E-state index is 0.0687. The third kappa shape index (κ3) is 4.98. The fourth-order valence-corrected chi connectivity index (χ4v) is 2.90. The third-order valence-corrected chi connectivity index (χ3v) is 4.54. The Morgan fingerprint density at radius 1 is 0.781 bits per heavy atom. The van der Waals surface area contributed by atoms with Crippen LogP contribution in [0.15, 0.2) is 72.9 Å². The predicted octanol–water partition coefficient (Wildman–Crippen LogP) is 6.07. The minimum Gasteiger partial charge on any atom is -0.261 e. The van der Waals surface area contributed by atoms with Gasteiger partial charge in [-0.2, -0.15) is 13.2 Å². The molecule has 2 aromatic carbocycles. The van der Waals surface area contributed by atoms with Crippen molar-refractivity contribution in [2.75, 3.05) is 0 Å². The molecule has 0 unspecified atom stereocenters. The van der Waals surface area contributed by atoms with Crippen molar-refractivity contribution in [1.82, 2.24) is 15.0 Å². The number of nitrogens with zero attached hydrogens (tertiary/aromatic N) is 3. The SMILES string of the molecule is Cc1ccc(-c2cc(C(F)(F)F)nc(-c3cccc(C#Cc4ccc(F)cc4)c3)n2)cn1. The first-order chi connectivity index (χ1) is 15.3. The second-order valence-electron chi connectivity index (χ2n) is 6.99. The summed E-state index contributed by atoms with van der Waals surface area (Å²) in [6.07, 6.45) is -3.16. The lowest BCUT2D eigenvalue weighted by molar-refractivity contribution is -0.141. The number of rotatable bonds is 2. The minimum atomic E-state index is -4.63. The molecule has 158 valence electrons. The van der Waals surface area contributed by atoms with E-state index in [1.165, 1.54) is 18.3 Å². The molecule has 0 fully saturated rings. The summed E-state index contributed by atoms with van der Waals surface area (Å²) in [4.78, 5) is 12.2. The van der Waals surface area contributed by atoms with E-state index in [-0.39, 0.29) is 17.3 Å². The average molecular weight is 433 g/mol. The highest BCUT2D eigenvalue weighted by Crippen LogP contribution is 2.32. The van der Waals surface area contributed by atoms with Gasteiger partial charge in [-0.05, 0) is 61.5 Å². The molecule has 0 bridgehead atoms. The van der Waals surface area contributed by atoms with Gasteiger partial charge in [-0.15, -0.1) is 0 Å². The van der Waals surface area contributed by atoms with Crippen LogP contribution in [0, 0.1) is 24.6 Å². The molecular weight excluding hydrogens is 418 g/mol. The van der Waals surface area contributed by atoms with E-state index in [0.717, 1.165) is 11.8 Å². The first-order valence-corrected chi connectivity index (χ1v) is 9.55. The monoisotopic (exact) mass is 433 g/mol. The van der Waals surface area contributed by atoms with Gasteiger partial charge in [0.15, 0.2) is 5.82 Å². The van der Waals surface area contributed by atoms with Crippen LogP contribution < -0.4 is 0 Å². The molecule has 0 spiro atoms. The van der Waals surface area contributed by atoms with Crippen LogP contribution >= 0.6 is 0 Å². The lowest BCUT2D eigenvalue weighted by Crippen LogP contribution is -2.10. The van der Waals surface area contributed by atoms with E-state index >= 15 is 0 Å². The number of halogens is 4. The first kappa shape index (κ1) is 21.2. The van der Waals surface area contributed by atoms with Gasteiger partial charge in [0.05, 0.1) is 5.69 Å². The zero-order valence-electron chi connectivity index (χ0n) is 16.8. The molecule has 0 aliphatic carbocycles. The number of aromatic nitrogens is 3. The first-order valence-electron chi connectivity index (χ1n) is 9.55. The molecule has 0 radical (unpaired) electrons. The van der Waals surface area contributed by atoms with E-state index in [2.05, 4.69) is 26.8 Å². The van der Waals surface area contributed by atoms with Gasteiger partial charge >= 0.3 is 6.18 Å². The second kappa shape index (κ2) is 8.60. The van der Waals surface area contributed by atoms with Crippen molar-refractivity contribution < 1.29 is 17.6 Å². The maximum Gasteiger partial charge on any atom is 0.433 e. The van der Waals surface area contributed by atoms with Crippen LogP contribution in [0.1, 0.15) is 22.5 Å². The normalized spacial score (nSPS) is 11.0. The van der Waals surface area contributed by atoms with Gasteiger partial charge in [-0.25, -0.2) is 14.4 Å². The van der Waals surface area contributed by atoms with Crippen LogP contribution in [0.2, 0.25) is 0 Å². The molecule has 32 heavy (non-hydrogen) atoms. The lowest BCUT2D eigenvalue weighted by atomic mass is 10.1. The molecule has 0 N–H and O–H groups in total. The smallest absolute Gasteiger partial charge is 0.261 e. The van der Waals surface area contributed by atoms with Crippen LogP contribution in [0.3, 0.4) is 0 Å². The Kier molecular flexibility index (Phi) is 5.69. The number of aryl methyl sites for hydroxylation is 1. The average Bonchev–Trinajstić information content (AvgIpc) is 2.78. The van der Waals surface area contributed by atoms with Crippen molar-refractivity contribution >= 4 is 0 Å². The van der Waals surface area contributed by atoms with E-state index in [1.54, 1.807) is 55.5 Å². The number of alkyl halides is 3. The number of hydrogen-bond acceptors (Lipinski definition) is 3. The van der Waals surface area contributed by atoms with Crippen LogP contribution in [0.5, 0.6) is 0 Å². The highest BCUT2D eigenvalue weighted by molar-refractivity contribution is 5.65. The molecule has 2 heterocycles. The summed E-state index contributed by atoms with van der Waals surface area (Å²) in [7, 11) is 0. The Bertz CT molecular complexity index is 1320. The van der Waals surface area contributed by atoms with Crippen molar-refractivity contribution in [3.05, 3.63) is 101 Å². The van der Waals surface area contributed by atoms with Crippen molar-refractivity contribution in [2.24, 2.45) is 0 Å². The fourth-order valence-electron chi connectivity index (χ4n) is 2.90. The van der Waals surface area contributed by atoms with E-state index in [4.69, 9.17) is 0 Å². The Morgan fingerprint density at radius 3 is 2.22 bits per heavy atom. The summed E-state index contributed by atoms with van der Waals surface area (Å²) < 4.78 is 53.5. The molecule has 3 nitrogen and oxygen atoms in total. The van der Waals surface area contributed by atoms with Crippen molar-refractivity contribution in [3.8, 4) is 34.5 Å². The summed E-state index contributed by atoms with van der Waals surface area (Å²) in [5, 5.41) is 0. The fraction of sp³-hybridized carbons (Fsp3) is 0.0800. The Hall–Kier alpha value is -4.05. The molecule has 4 aromatic rings. The van der Waals surface area contributed by atoms with Gasteiger partial charge in [0.2, 0.25) is 0 Å². The zero-order valence-corrected chi connectivity index (χ0v) is 16.8. The molecule has 0 atom stereocenters. The van der Waals surface area contributed by atoms with E-state index in [9.17, 15) is 17.6 Å². The topological polar surface area (TPSA) is 38.7 Å². The maximum absolute atomic E-state index is 13.5. The Morgan fingerprint density at radius 2 is 1.53 bits per heavy atom. The zero-order chi connectivity index (χ0) is 22.7. The van der Waals surface area contributed by atoms with Crippen molar-refractivity contribution in [2.45, 2.75) is 13.1 Å². The van der Waals surface area contributed by atoms with Crippen LogP contribution in [0.25, 0.3) is 22.6 Å². The molecule has 0 saturated heterocycles. The van der Waals surface area contributed by atoms with Crippen LogP contribution in [-0.2, 0) is 6.18 Å². The van der Waals surface area contributed by atoms with Crippen molar-refractivity contribution in [1.29, 1.82) is 0 Å². The predicted molar refractivity (Wildman–Crippen MR) is 113 cm³/mol. The van der Waals surface area contributed by atoms with Gasteiger partial charge in [-0.3, -0.25) is 4.98 Å². The molecular formula is C25H15F4N3.